The standard InChI is InChI=1S/C19H22N4O4S/c1-20-18(24)11-14-7-5-6-10-19(14,27-2)13-22-21-12-16-15-8-3-4-9-17(15)28(25,26)23-16/h3-10,13-14,21H,11-12H2,1-2H3,(H,20,24)/b22-13+. The minimum absolute atomic E-state index is 0.102. The van der Waals surface area contributed by atoms with E-state index in [1.807, 2.05) is 24.3 Å². The minimum atomic E-state index is -3.65. The average Bonchev–Trinajstić information content (AvgIpc) is 2.97. The van der Waals surface area contributed by atoms with Gasteiger partial charge in [-0.2, -0.15) is 17.9 Å². The molecule has 1 aliphatic carbocycles. The third kappa shape index (κ3) is 3.90. The number of allylic oxidation sites excluding steroid dienone is 2. The van der Waals surface area contributed by atoms with E-state index in [-0.39, 0.29) is 29.7 Å². The first-order valence-electron chi connectivity index (χ1n) is 8.74. The lowest BCUT2D eigenvalue weighted by Gasteiger charge is -2.33. The van der Waals surface area contributed by atoms with Crippen molar-refractivity contribution in [3.63, 3.8) is 0 Å². The number of hydrazone groups is 1. The fraction of sp³-hybridized carbons (Fsp3) is 0.316. The molecule has 1 aromatic rings. The zero-order valence-corrected chi connectivity index (χ0v) is 16.4. The molecule has 148 valence electrons. The number of sulfonamides is 1. The van der Waals surface area contributed by atoms with Gasteiger partial charge >= 0.3 is 0 Å². The normalized spacial score (nSPS) is 24.8. The van der Waals surface area contributed by atoms with Gasteiger partial charge in [-0.05, 0) is 12.1 Å². The molecule has 0 fully saturated rings. The van der Waals surface area contributed by atoms with Gasteiger partial charge < -0.3 is 15.5 Å². The maximum Gasteiger partial charge on any atom is 0.283 e. The van der Waals surface area contributed by atoms with Gasteiger partial charge in [0.1, 0.15) is 5.60 Å². The van der Waals surface area contributed by atoms with Crippen LogP contribution in [0.1, 0.15) is 12.0 Å². The molecule has 1 heterocycles. The van der Waals surface area contributed by atoms with Crippen LogP contribution in [0.2, 0.25) is 0 Å². The van der Waals surface area contributed by atoms with Crippen molar-refractivity contribution in [3.05, 3.63) is 54.1 Å². The van der Waals surface area contributed by atoms with Crippen LogP contribution in [0.5, 0.6) is 0 Å². The molecule has 2 atom stereocenters. The fourth-order valence-electron chi connectivity index (χ4n) is 3.19. The molecule has 0 aromatic heterocycles. The Morgan fingerprint density at radius 1 is 1.36 bits per heavy atom. The number of rotatable bonds is 7. The second kappa shape index (κ2) is 8.07. The summed E-state index contributed by atoms with van der Waals surface area (Å²) < 4.78 is 33.7. The molecule has 0 saturated carbocycles. The summed E-state index contributed by atoms with van der Waals surface area (Å²) in [5.74, 6) is -0.326. The van der Waals surface area contributed by atoms with Crippen LogP contribution in [0.3, 0.4) is 0 Å². The smallest absolute Gasteiger partial charge is 0.283 e. The monoisotopic (exact) mass is 402 g/mol. The fourth-order valence-corrected chi connectivity index (χ4v) is 4.45. The number of nitrogens with zero attached hydrogens (tertiary/aromatic N) is 2. The van der Waals surface area contributed by atoms with E-state index in [0.717, 1.165) is 0 Å². The first-order chi connectivity index (χ1) is 13.4. The number of ether oxygens (including phenoxy) is 1. The molecular formula is C19H22N4O4S. The lowest BCUT2D eigenvalue weighted by molar-refractivity contribution is -0.122. The number of hydrogen-bond acceptors (Lipinski definition) is 6. The summed E-state index contributed by atoms with van der Waals surface area (Å²) in [6.07, 6.45) is 9.25. The summed E-state index contributed by atoms with van der Waals surface area (Å²) in [6.45, 7) is 0.145. The van der Waals surface area contributed by atoms with E-state index in [1.54, 1.807) is 38.6 Å². The molecule has 0 saturated heterocycles. The van der Waals surface area contributed by atoms with Crippen LogP contribution in [-0.2, 0) is 19.6 Å². The molecule has 0 bridgehead atoms. The Labute approximate surface area is 164 Å². The lowest BCUT2D eigenvalue weighted by atomic mass is 9.82. The third-order valence-corrected chi connectivity index (χ3v) is 6.11. The van der Waals surface area contributed by atoms with E-state index in [0.29, 0.717) is 11.3 Å². The number of carbonyl (C=O) groups is 1. The Hall–Kier alpha value is -2.78. The summed E-state index contributed by atoms with van der Waals surface area (Å²) in [4.78, 5) is 12.0. The van der Waals surface area contributed by atoms with Crippen molar-refractivity contribution in [2.45, 2.75) is 16.9 Å². The highest BCUT2D eigenvalue weighted by atomic mass is 32.2. The average molecular weight is 402 g/mol. The van der Waals surface area contributed by atoms with Crippen molar-refractivity contribution in [2.24, 2.45) is 15.4 Å². The molecule has 8 nitrogen and oxygen atoms in total. The number of methoxy groups -OCH3 is 1. The summed E-state index contributed by atoms with van der Waals surface area (Å²) in [5.41, 5.74) is 2.93. The lowest BCUT2D eigenvalue weighted by Crippen LogP contribution is -2.43. The maximum absolute atomic E-state index is 12.1. The number of benzene rings is 1. The first kappa shape index (κ1) is 20.0. The zero-order valence-electron chi connectivity index (χ0n) is 15.6. The largest absolute Gasteiger partial charge is 0.368 e. The maximum atomic E-state index is 12.1. The molecule has 3 rings (SSSR count). The highest BCUT2D eigenvalue weighted by Crippen LogP contribution is 2.29. The van der Waals surface area contributed by atoms with Crippen molar-refractivity contribution in [3.8, 4) is 0 Å². The van der Waals surface area contributed by atoms with E-state index in [2.05, 4.69) is 20.2 Å². The molecule has 1 aliphatic heterocycles. The molecule has 0 radical (unpaired) electrons. The Balaban J connectivity index is 1.72. The van der Waals surface area contributed by atoms with Gasteiger partial charge in [0.25, 0.3) is 10.0 Å². The van der Waals surface area contributed by atoms with E-state index < -0.39 is 15.6 Å². The van der Waals surface area contributed by atoms with Gasteiger partial charge in [0.2, 0.25) is 5.91 Å². The molecule has 0 spiro atoms. The molecule has 2 unspecified atom stereocenters. The van der Waals surface area contributed by atoms with Gasteiger partial charge in [-0.25, -0.2) is 0 Å². The van der Waals surface area contributed by atoms with Crippen molar-refractivity contribution >= 4 is 27.9 Å². The number of fused-ring (bicyclic) bond motifs is 1. The highest BCUT2D eigenvalue weighted by molar-refractivity contribution is 7.90. The number of amides is 1. The SMILES string of the molecule is CNC(=O)CC1C=CC=CC1(/C=N/NCC1=NS(=O)(=O)c2ccccc21)OC. The summed E-state index contributed by atoms with van der Waals surface area (Å²) in [6, 6.07) is 6.68. The summed E-state index contributed by atoms with van der Waals surface area (Å²) >= 11 is 0. The first-order valence-corrected chi connectivity index (χ1v) is 10.2. The Morgan fingerprint density at radius 2 is 2.14 bits per heavy atom. The summed E-state index contributed by atoms with van der Waals surface area (Å²) in [7, 11) is -0.509. The van der Waals surface area contributed by atoms with Crippen LogP contribution in [0.25, 0.3) is 0 Å². The van der Waals surface area contributed by atoms with Crippen molar-refractivity contribution < 1.29 is 17.9 Å². The van der Waals surface area contributed by atoms with Crippen LogP contribution < -0.4 is 10.7 Å². The predicted octanol–water partition coefficient (Wildman–Crippen LogP) is 1.02. The topological polar surface area (TPSA) is 109 Å². The van der Waals surface area contributed by atoms with Crippen LogP contribution in [0, 0.1) is 5.92 Å². The molecule has 1 amide bonds. The van der Waals surface area contributed by atoms with Gasteiger partial charge in [0, 0.05) is 32.1 Å². The predicted molar refractivity (Wildman–Crippen MR) is 107 cm³/mol. The minimum Gasteiger partial charge on any atom is -0.368 e. The van der Waals surface area contributed by atoms with Gasteiger partial charge in [-0.15, -0.1) is 0 Å². The van der Waals surface area contributed by atoms with Crippen molar-refractivity contribution in [1.29, 1.82) is 0 Å². The van der Waals surface area contributed by atoms with Crippen LogP contribution in [0.15, 0.2) is 63.0 Å². The van der Waals surface area contributed by atoms with Crippen LogP contribution in [-0.4, -0.2) is 52.6 Å². The van der Waals surface area contributed by atoms with E-state index in [1.165, 1.54) is 6.07 Å². The molecule has 9 heteroatoms. The molecule has 2 N–H and O–H groups in total. The van der Waals surface area contributed by atoms with Crippen LogP contribution in [0.4, 0.5) is 0 Å². The van der Waals surface area contributed by atoms with Crippen LogP contribution >= 0.6 is 0 Å². The summed E-state index contributed by atoms with van der Waals surface area (Å²) in [5, 5.41) is 6.82. The number of carbonyl (C=O) groups excluding carboxylic acids is 1. The number of hydrogen-bond donors (Lipinski definition) is 2. The van der Waals surface area contributed by atoms with Gasteiger partial charge in [-0.1, -0.05) is 36.4 Å². The third-order valence-electron chi connectivity index (χ3n) is 4.74. The molecular weight excluding hydrogens is 380 g/mol. The van der Waals surface area contributed by atoms with E-state index in [4.69, 9.17) is 4.74 Å². The highest BCUT2D eigenvalue weighted by Gasteiger charge is 2.36. The zero-order chi connectivity index (χ0) is 20.2. The van der Waals surface area contributed by atoms with Crippen molar-refractivity contribution in [1.82, 2.24) is 10.7 Å². The van der Waals surface area contributed by atoms with Gasteiger partial charge in [-0.3, -0.25) is 4.79 Å². The van der Waals surface area contributed by atoms with Gasteiger partial charge in [0.05, 0.1) is 23.4 Å². The van der Waals surface area contributed by atoms with Gasteiger partial charge in [0.15, 0.2) is 0 Å². The van der Waals surface area contributed by atoms with E-state index >= 15 is 0 Å². The molecule has 1 aromatic carbocycles. The quantitative estimate of drug-likeness (QED) is 0.523. The van der Waals surface area contributed by atoms with Crippen molar-refractivity contribution in [2.75, 3.05) is 20.7 Å². The Kier molecular flexibility index (Phi) is 5.76. The number of nitrogens with one attached hydrogen (secondary N) is 2. The van der Waals surface area contributed by atoms with E-state index in [9.17, 15) is 13.2 Å². The Morgan fingerprint density at radius 3 is 2.89 bits per heavy atom. The second-order valence-corrected chi connectivity index (χ2v) is 7.96. The molecule has 2 aliphatic rings. The molecule has 28 heavy (non-hydrogen) atoms. The second-order valence-electron chi connectivity index (χ2n) is 6.39. The Bertz CT molecular complexity index is 981.